The highest BCUT2D eigenvalue weighted by molar-refractivity contribution is 5.96. The molecule has 8 nitrogen and oxygen atoms in total. The second-order valence-corrected chi connectivity index (χ2v) is 6.32. The van der Waals surface area contributed by atoms with E-state index in [0.29, 0.717) is 31.5 Å². The first-order valence-electron chi connectivity index (χ1n) is 8.96. The first-order valence-corrected chi connectivity index (χ1v) is 8.96. The molecule has 2 aromatic rings. The van der Waals surface area contributed by atoms with Gasteiger partial charge in [-0.25, -0.2) is 9.78 Å². The quantitative estimate of drug-likeness (QED) is 0.803. The molecule has 0 radical (unpaired) electrons. The van der Waals surface area contributed by atoms with E-state index in [1.807, 2.05) is 24.3 Å². The fraction of sp³-hybridized carbons (Fsp3) is 0.368. The van der Waals surface area contributed by atoms with Gasteiger partial charge >= 0.3 is 6.09 Å². The van der Waals surface area contributed by atoms with Crippen molar-refractivity contribution in [1.82, 2.24) is 20.7 Å². The Bertz CT molecular complexity index is 854. The molecule has 1 saturated heterocycles. The fourth-order valence-electron chi connectivity index (χ4n) is 3.05. The van der Waals surface area contributed by atoms with E-state index in [2.05, 4.69) is 15.8 Å². The van der Waals surface area contributed by atoms with Crippen LogP contribution in [0.1, 0.15) is 30.3 Å². The summed E-state index contributed by atoms with van der Waals surface area (Å²) in [6.07, 6.45) is 0.933. The SMILES string of the molecule is CCOC(=O)N1CCC[C@H](C(=O)NNC(=O)c2ccc3ccccc3n2)C1. The minimum absolute atomic E-state index is 0.214. The number of aromatic nitrogens is 1. The minimum Gasteiger partial charge on any atom is -0.450 e. The number of carbonyl (C=O) groups is 3. The molecular formula is C19H22N4O4. The van der Waals surface area contributed by atoms with Gasteiger partial charge in [0.05, 0.1) is 18.0 Å². The van der Waals surface area contributed by atoms with Crippen molar-refractivity contribution in [3.63, 3.8) is 0 Å². The van der Waals surface area contributed by atoms with E-state index in [1.165, 1.54) is 4.90 Å². The molecule has 1 aromatic carbocycles. The lowest BCUT2D eigenvalue weighted by atomic mass is 9.98. The van der Waals surface area contributed by atoms with Crippen molar-refractivity contribution >= 4 is 28.8 Å². The van der Waals surface area contributed by atoms with Crippen molar-refractivity contribution in [2.45, 2.75) is 19.8 Å². The Morgan fingerprint density at radius 3 is 2.81 bits per heavy atom. The maximum Gasteiger partial charge on any atom is 0.409 e. The standard InChI is InChI=1S/C19H22N4O4/c1-2-27-19(26)23-11-5-7-14(12-23)17(24)21-22-18(25)16-10-9-13-6-3-4-8-15(13)20-16/h3-4,6,8-10,14H,2,5,7,11-12H2,1H3,(H,21,24)(H,22,25)/t14-/m0/s1. The molecule has 8 heteroatoms. The van der Waals surface area contributed by atoms with Crippen LogP contribution in [0, 0.1) is 5.92 Å². The summed E-state index contributed by atoms with van der Waals surface area (Å²) in [6, 6.07) is 10.9. The number of hydrazine groups is 1. The van der Waals surface area contributed by atoms with E-state index >= 15 is 0 Å². The summed E-state index contributed by atoms with van der Waals surface area (Å²) in [6.45, 7) is 2.87. The van der Waals surface area contributed by atoms with Crippen LogP contribution in [0.25, 0.3) is 10.9 Å². The van der Waals surface area contributed by atoms with Crippen LogP contribution in [-0.4, -0.2) is 47.5 Å². The second kappa shape index (κ2) is 8.48. The number of nitrogens with zero attached hydrogens (tertiary/aromatic N) is 2. The predicted molar refractivity (Wildman–Crippen MR) is 98.7 cm³/mol. The summed E-state index contributed by atoms with van der Waals surface area (Å²) in [7, 11) is 0. The molecule has 1 aromatic heterocycles. The number of hydrogen-bond acceptors (Lipinski definition) is 5. The van der Waals surface area contributed by atoms with Crippen molar-refractivity contribution in [2.24, 2.45) is 5.92 Å². The highest BCUT2D eigenvalue weighted by atomic mass is 16.6. The highest BCUT2D eigenvalue weighted by Crippen LogP contribution is 2.17. The number of fused-ring (bicyclic) bond motifs is 1. The van der Waals surface area contributed by atoms with Gasteiger partial charge in [-0.1, -0.05) is 24.3 Å². The Kier molecular flexibility index (Phi) is 5.85. The first-order chi connectivity index (χ1) is 13.1. The van der Waals surface area contributed by atoms with Crippen molar-refractivity contribution in [1.29, 1.82) is 0 Å². The molecule has 1 aliphatic rings. The van der Waals surface area contributed by atoms with Crippen LogP contribution in [0.5, 0.6) is 0 Å². The summed E-state index contributed by atoms with van der Waals surface area (Å²) in [5, 5.41) is 0.930. The molecular weight excluding hydrogens is 348 g/mol. The van der Waals surface area contributed by atoms with Gasteiger partial charge in [0.15, 0.2) is 0 Å². The third kappa shape index (κ3) is 4.52. The van der Waals surface area contributed by atoms with E-state index in [9.17, 15) is 14.4 Å². The Balaban J connectivity index is 1.56. The van der Waals surface area contributed by atoms with Crippen LogP contribution < -0.4 is 10.9 Å². The average molecular weight is 370 g/mol. The molecule has 3 amide bonds. The summed E-state index contributed by atoms with van der Waals surface area (Å²) in [4.78, 5) is 42.2. The molecule has 1 aliphatic heterocycles. The third-order valence-corrected chi connectivity index (χ3v) is 4.45. The lowest BCUT2D eigenvalue weighted by Gasteiger charge is -2.31. The van der Waals surface area contributed by atoms with Gasteiger partial charge in [0.1, 0.15) is 5.69 Å². The summed E-state index contributed by atoms with van der Waals surface area (Å²) in [5.41, 5.74) is 5.74. The summed E-state index contributed by atoms with van der Waals surface area (Å²) in [5.74, 6) is -1.22. The van der Waals surface area contributed by atoms with Crippen LogP contribution in [-0.2, 0) is 9.53 Å². The van der Waals surface area contributed by atoms with Crippen molar-refractivity contribution in [3.8, 4) is 0 Å². The van der Waals surface area contributed by atoms with E-state index in [1.54, 1.807) is 19.1 Å². The van der Waals surface area contributed by atoms with E-state index in [-0.39, 0.29) is 18.1 Å². The maximum atomic E-state index is 12.3. The van der Waals surface area contributed by atoms with Gasteiger partial charge < -0.3 is 9.64 Å². The maximum absolute atomic E-state index is 12.3. The number of para-hydroxylation sites is 1. The van der Waals surface area contributed by atoms with Gasteiger partial charge in [-0.15, -0.1) is 0 Å². The third-order valence-electron chi connectivity index (χ3n) is 4.45. The number of amides is 3. The van der Waals surface area contributed by atoms with Crippen LogP contribution in [0.3, 0.4) is 0 Å². The Labute approximate surface area is 156 Å². The average Bonchev–Trinajstić information content (AvgIpc) is 2.71. The Hall–Kier alpha value is -3.16. The lowest BCUT2D eigenvalue weighted by Crippen LogP contribution is -2.50. The molecule has 0 saturated carbocycles. The second-order valence-electron chi connectivity index (χ2n) is 6.32. The monoisotopic (exact) mass is 370 g/mol. The number of rotatable bonds is 3. The minimum atomic E-state index is -0.493. The van der Waals surface area contributed by atoms with Crippen molar-refractivity contribution in [2.75, 3.05) is 19.7 Å². The highest BCUT2D eigenvalue weighted by Gasteiger charge is 2.29. The molecule has 2 N–H and O–H groups in total. The number of pyridine rings is 1. The molecule has 0 aliphatic carbocycles. The zero-order chi connectivity index (χ0) is 19.2. The van der Waals surface area contributed by atoms with Gasteiger partial charge in [-0.2, -0.15) is 0 Å². The number of piperidine rings is 1. The summed E-state index contributed by atoms with van der Waals surface area (Å²) >= 11 is 0. The van der Waals surface area contributed by atoms with E-state index < -0.39 is 17.9 Å². The van der Waals surface area contributed by atoms with Crippen molar-refractivity contribution in [3.05, 3.63) is 42.1 Å². The largest absolute Gasteiger partial charge is 0.450 e. The smallest absolute Gasteiger partial charge is 0.409 e. The van der Waals surface area contributed by atoms with Gasteiger partial charge in [0.25, 0.3) is 5.91 Å². The normalized spacial score (nSPS) is 16.6. The number of ether oxygens (including phenoxy) is 1. The Morgan fingerprint density at radius 2 is 2.00 bits per heavy atom. The number of likely N-dealkylation sites (tertiary alicyclic amines) is 1. The Morgan fingerprint density at radius 1 is 1.19 bits per heavy atom. The number of benzene rings is 1. The molecule has 2 heterocycles. The van der Waals surface area contributed by atoms with E-state index in [0.717, 1.165) is 5.39 Å². The van der Waals surface area contributed by atoms with Crippen LogP contribution >= 0.6 is 0 Å². The molecule has 0 unspecified atom stereocenters. The fourth-order valence-corrected chi connectivity index (χ4v) is 3.05. The molecule has 142 valence electrons. The number of carbonyl (C=O) groups excluding carboxylic acids is 3. The molecule has 3 rings (SSSR count). The topological polar surface area (TPSA) is 101 Å². The van der Waals surface area contributed by atoms with E-state index in [4.69, 9.17) is 4.74 Å². The number of nitrogens with one attached hydrogen (secondary N) is 2. The molecule has 27 heavy (non-hydrogen) atoms. The number of hydrogen-bond donors (Lipinski definition) is 2. The van der Waals surface area contributed by atoms with Gasteiger partial charge in [0.2, 0.25) is 5.91 Å². The predicted octanol–water partition coefficient (Wildman–Crippen LogP) is 1.86. The zero-order valence-electron chi connectivity index (χ0n) is 15.1. The van der Waals surface area contributed by atoms with Crippen LogP contribution in [0.15, 0.2) is 36.4 Å². The first kappa shape index (κ1) is 18.6. The van der Waals surface area contributed by atoms with Crippen LogP contribution in [0.2, 0.25) is 0 Å². The molecule has 0 bridgehead atoms. The van der Waals surface area contributed by atoms with Gasteiger partial charge in [0, 0.05) is 18.5 Å². The van der Waals surface area contributed by atoms with Gasteiger partial charge in [-0.3, -0.25) is 20.4 Å². The summed E-state index contributed by atoms with van der Waals surface area (Å²) < 4.78 is 4.98. The zero-order valence-corrected chi connectivity index (χ0v) is 15.1. The van der Waals surface area contributed by atoms with Crippen LogP contribution in [0.4, 0.5) is 4.79 Å². The lowest BCUT2D eigenvalue weighted by molar-refractivity contribution is -0.127. The molecule has 1 fully saturated rings. The molecule has 1 atom stereocenters. The molecule has 0 spiro atoms. The van der Waals surface area contributed by atoms with Gasteiger partial charge in [-0.05, 0) is 31.9 Å². The van der Waals surface area contributed by atoms with Crippen molar-refractivity contribution < 1.29 is 19.1 Å².